The van der Waals surface area contributed by atoms with Crippen LogP contribution in [0, 0.1) is 5.92 Å². The molecule has 0 aromatic heterocycles. The zero-order valence-electron chi connectivity index (χ0n) is 9.89. The normalized spacial score (nSPS) is 24.8. The second-order valence-electron chi connectivity index (χ2n) is 4.73. The fourth-order valence-corrected chi connectivity index (χ4v) is 2.90. The van der Waals surface area contributed by atoms with Gasteiger partial charge in [0, 0.05) is 11.7 Å². The minimum atomic E-state index is -3.61. The number of anilines is 1. The molecular weight excluding hydrogens is 236 g/mol. The lowest BCUT2D eigenvalue weighted by molar-refractivity contribution is 0.556. The average Bonchev–Trinajstić information content (AvgIpc) is 2.64. The molecule has 0 spiro atoms. The Hall–Kier alpha value is -1.07. The van der Waals surface area contributed by atoms with Gasteiger partial charge >= 0.3 is 0 Å². The molecule has 1 aliphatic rings. The zero-order valence-corrected chi connectivity index (χ0v) is 10.7. The van der Waals surface area contributed by atoms with E-state index in [1.807, 2.05) is 6.07 Å². The van der Waals surface area contributed by atoms with Crippen LogP contribution in [0.2, 0.25) is 0 Å². The molecule has 1 aliphatic carbocycles. The first-order chi connectivity index (χ1) is 7.97. The lowest BCUT2D eigenvalue weighted by Crippen LogP contribution is -2.22. The van der Waals surface area contributed by atoms with Crippen LogP contribution >= 0.6 is 0 Å². The van der Waals surface area contributed by atoms with Gasteiger partial charge < -0.3 is 5.32 Å². The van der Waals surface area contributed by atoms with Crippen LogP contribution < -0.4 is 10.5 Å². The molecule has 0 bridgehead atoms. The number of nitrogens with two attached hydrogens (primary N) is 1. The van der Waals surface area contributed by atoms with Gasteiger partial charge in [-0.25, -0.2) is 13.6 Å². The monoisotopic (exact) mass is 254 g/mol. The van der Waals surface area contributed by atoms with E-state index >= 15 is 0 Å². The summed E-state index contributed by atoms with van der Waals surface area (Å²) in [4.78, 5) is 0.160. The number of primary sulfonamides is 1. The van der Waals surface area contributed by atoms with E-state index in [9.17, 15) is 8.42 Å². The quantitative estimate of drug-likeness (QED) is 0.865. The predicted molar refractivity (Wildman–Crippen MR) is 68.2 cm³/mol. The summed E-state index contributed by atoms with van der Waals surface area (Å²) in [5.41, 5.74) is 0.829. The molecule has 1 saturated carbocycles. The van der Waals surface area contributed by atoms with Crippen molar-refractivity contribution >= 4 is 15.7 Å². The molecule has 94 valence electrons. The van der Waals surface area contributed by atoms with Gasteiger partial charge in [0.25, 0.3) is 0 Å². The second-order valence-corrected chi connectivity index (χ2v) is 6.29. The molecular formula is C12H18N2O2S. The molecule has 0 saturated heterocycles. The molecule has 1 fully saturated rings. The van der Waals surface area contributed by atoms with Gasteiger partial charge in [0.15, 0.2) is 0 Å². The standard InChI is InChI=1S/C12H18N2O2S/c1-9-4-2-7-12(9)14-10-5-3-6-11(8-10)17(13,15)16/h3,5-6,8-9,12,14H,2,4,7H2,1H3,(H2,13,15,16). The second kappa shape index (κ2) is 4.66. The number of hydrogen-bond donors (Lipinski definition) is 2. The van der Waals surface area contributed by atoms with E-state index in [1.54, 1.807) is 12.1 Å². The summed E-state index contributed by atoms with van der Waals surface area (Å²) >= 11 is 0. The van der Waals surface area contributed by atoms with Crippen LogP contribution in [0.4, 0.5) is 5.69 Å². The molecule has 1 aromatic carbocycles. The fraction of sp³-hybridized carbons (Fsp3) is 0.500. The maximum absolute atomic E-state index is 11.2. The lowest BCUT2D eigenvalue weighted by Gasteiger charge is -2.18. The molecule has 17 heavy (non-hydrogen) atoms. The summed E-state index contributed by atoms with van der Waals surface area (Å²) < 4.78 is 22.5. The van der Waals surface area contributed by atoms with Crippen LogP contribution in [0.1, 0.15) is 26.2 Å². The Morgan fingerprint density at radius 3 is 2.71 bits per heavy atom. The van der Waals surface area contributed by atoms with Crippen molar-refractivity contribution in [2.24, 2.45) is 11.1 Å². The van der Waals surface area contributed by atoms with E-state index in [-0.39, 0.29) is 4.90 Å². The molecule has 0 heterocycles. The first-order valence-electron chi connectivity index (χ1n) is 5.86. The summed E-state index contributed by atoms with van der Waals surface area (Å²) in [5.74, 6) is 0.633. The van der Waals surface area contributed by atoms with Crippen molar-refractivity contribution in [3.05, 3.63) is 24.3 Å². The van der Waals surface area contributed by atoms with Crippen molar-refractivity contribution in [3.8, 4) is 0 Å². The number of sulfonamides is 1. The topological polar surface area (TPSA) is 72.2 Å². The third kappa shape index (κ3) is 2.98. The van der Waals surface area contributed by atoms with Gasteiger partial charge in [-0.15, -0.1) is 0 Å². The molecule has 2 atom stereocenters. The zero-order chi connectivity index (χ0) is 12.5. The summed E-state index contributed by atoms with van der Waals surface area (Å²) in [6, 6.07) is 7.13. The summed E-state index contributed by atoms with van der Waals surface area (Å²) in [6.45, 7) is 2.22. The van der Waals surface area contributed by atoms with Crippen LogP contribution in [-0.2, 0) is 10.0 Å². The Balaban J connectivity index is 2.17. The van der Waals surface area contributed by atoms with Gasteiger partial charge in [0.05, 0.1) is 4.90 Å². The minimum absolute atomic E-state index is 0.160. The Morgan fingerprint density at radius 1 is 1.35 bits per heavy atom. The molecule has 0 aliphatic heterocycles. The van der Waals surface area contributed by atoms with Crippen molar-refractivity contribution in [2.45, 2.75) is 37.1 Å². The fourth-order valence-electron chi connectivity index (χ4n) is 2.34. The molecule has 5 heteroatoms. The summed E-state index contributed by atoms with van der Waals surface area (Å²) in [6.07, 6.45) is 3.60. The highest BCUT2D eigenvalue weighted by molar-refractivity contribution is 7.89. The van der Waals surface area contributed by atoms with E-state index < -0.39 is 10.0 Å². The number of nitrogens with one attached hydrogen (secondary N) is 1. The molecule has 3 N–H and O–H groups in total. The molecule has 2 rings (SSSR count). The predicted octanol–water partition coefficient (Wildman–Crippen LogP) is 1.93. The van der Waals surface area contributed by atoms with E-state index in [2.05, 4.69) is 12.2 Å². The number of hydrogen-bond acceptors (Lipinski definition) is 3. The van der Waals surface area contributed by atoms with Crippen molar-refractivity contribution < 1.29 is 8.42 Å². The maximum atomic E-state index is 11.2. The maximum Gasteiger partial charge on any atom is 0.238 e. The van der Waals surface area contributed by atoms with E-state index in [4.69, 9.17) is 5.14 Å². The smallest absolute Gasteiger partial charge is 0.238 e. The lowest BCUT2D eigenvalue weighted by atomic mass is 10.1. The van der Waals surface area contributed by atoms with Gasteiger partial charge in [0.2, 0.25) is 10.0 Å². The van der Waals surface area contributed by atoms with Crippen molar-refractivity contribution in [2.75, 3.05) is 5.32 Å². The minimum Gasteiger partial charge on any atom is -0.382 e. The van der Waals surface area contributed by atoms with E-state index in [0.29, 0.717) is 12.0 Å². The van der Waals surface area contributed by atoms with Gasteiger partial charge in [-0.05, 0) is 37.0 Å². The van der Waals surface area contributed by atoms with Crippen LogP contribution in [-0.4, -0.2) is 14.5 Å². The Kier molecular flexibility index (Phi) is 3.40. The molecule has 0 amide bonds. The van der Waals surface area contributed by atoms with E-state index in [0.717, 1.165) is 12.1 Å². The van der Waals surface area contributed by atoms with Gasteiger partial charge in [-0.3, -0.25) is 0 Å². The first kappa shape index (κ1) is 12.4. The Labute approximate surface area is 102 Å². The van der Waals surface area contributed by atoms with Crippen LogP contribution in [0.25, 0.3) is 0 Å². The summed E-state index contributed by atoms with van der Waals surface area (Å²) in [5, 5.41) is 8.49. The Morgan fingerprint density at radius 2 is 2.12 bits per heavy atom. The van der Waals surface area contributed by atoms with Crippen LogP contribution in [0.15, 0.2) is 29.2 Å². The molecule has 0 radical (unpaired) electrons. The van der Waals surface area contributed by atoms with Crippen molar-refractivity contribution in [3.63, 3.8) is 0 Å². The van der Waals surface area contributed by atoms with Crippen LogP contribution in [0.3, 0.4) is 0 Å². The Bertz CT molecular complexity index is 499. The highest BCUT2D eigenvalue weighted by Gasteiger charge is 2.23. The largest absolute Gasteiger partial charge is 0.382 e. The summed E-state index contributed by atoms with van der Waals surface area (Å²) in [7, 11) is -3.61. The number of benzene rings is 1. The van der Waals surface area contributed by atoms with Crippen LogP contribution in [0.5, 0.6) is 0 Å². The third-order valence-electron chi connectivity index (χ3n) is 3.38. The molecule has 2 unspecified atom stereocenters. The van der Waals surface area contributed by atoms with Gasteiger partial charge in [0.1, 0.15) is 0 Å². The molecule has 1 aromatic rings. The SMILES string of the molecule is CC1CCCC1Nc1cccc(S(N)(=O)=O)c1. The van der Waals surface area contributed by atoms with E-state index in [1.165, 1.54) is 18.9 Å². The highest BCUT2D eigenvalue weighted by Crippen LogP contribution is 2.28. The molecule has 4 nitrogen and oxygen atoms in total. The highest BCUT2D eigenvalue weighted by atomic mass is 32.2. The number of rotatable bonds is 3. The van der Waals surface area contributed by atoms with Crippen molar-refractivity contribution in [1.29, 1.82) is 0 Å². The first-order valence-corrected chi connectivity index (χ1v) is 7.41. The third-order valence-corrected chi connectivity index (χ3v) is 4.29. The average molecular weight is 254 g/mol. The van der Waals surface area contributed by atoms with Gasteiger partial charge in [-0.2, -0.15) is 0 Å². The van der Waals surface area contributed by atoms with Gasteiger partial charge in [-0.1, -0.05) is 19.4 Å². The van der Waals surface area contributed by atoms with Crippen molar-refractivity contribution in [1.82, 2.24) is 0 Å².